The van der Waals surface area contributed by atoms with Gasteiger partial charge in [0.05, 0.1) is 6.67 Å². The van der Waals surface area contributed by atoms with Crippen LogP contribution in [0, 0.1) is 0 Å². The Morgan fingerprint density at radius 1 is 1.58 bits per heavy atom. The molecule has 0 bridgehead atoms. The summed E-state index contributed by atoms with van der Waals surface area (Å²) in [7, 11) is 0. The van der Waals surface area contributed by atoms with E-state index in [1.807, 2.05) is 22.9 Å². The van der Waals surface area contributed by atoms with Crippen molar-refractivity contribution in [1.82, 2.24) is 9.55 Å². The van der Waals surface area contributed by atoms with Gasteiger partial charge in [0, 0.05) is 22.3 Å². The van der Waals surface area contributed by atoms with Crippen LogP contribution in [-0.4, -0.2) is 9.55 Å². The summed E-state index contributed by atoms with van der Waals surface area (Å²) in [6.45, 7) is 0.470. The number of nitrogens with zero attached hydrogens (tertiary/aromatic N) is 2. The number of nitrogens with two attached hydrogens (primary N) is 1. The second-order valence-electron chi connectivity index (χ2n) is 2.53. The van der Waals surface area contributed by atoms with Crippen LogP contribution in [0.1, 0.15) is 0 Å². The maximum atomic E-state index is 5.51. The molecule has 62 valence electrons. The van der Waals surface area contributed by atoms with E-state index in [1.165, 1.54) is 0 Å². The third-order valence-electron chi connectivity index (χ3n) is 1.76. The molecule has 0 spiro atoms. The first-order chi connectivity index (χ1) is 5.81. The standard InChI is InChI=1S/C8H8BrN3/c9-7-3-6-1-2-12(5-10)8(6)11-4-7/h1-4H,5,10H2. The Morgan fingerprint density at radius 3 is 3.17 bits per heavy atom. The molecule has 0 unspecified atom stereocenters. The summed E-state index contributed by atoms with van der Waals surface area (Å²) in [5.41, 5.74) is 6.44. The molecule has 0 aromatic carbocycles. The summed E-state index contributed by atoms with van der Waals surface area (Å²) in [6, 6.07) is 4.02. The number of fused-ring (bicyclic) bond motifs is 1. The lowest BCUT2D eigenvalue weighted by Crippen LogP contribution is -2.05. The van der Waals surface area contributed by atoms with Crippen molar-refractivity contribution in [2.45, 2.75) is 6.67 Å². The van der Waals surface area contributed by atoms with Crippen LogP contribution in [0.2, 0.25) is 0 Å². The maximum absolute atomic E-state index is 5.51. The van der Waals surface area contributed by atoms with Gasteiger partial charge >= 0.3 is 0 Å². The van der Waals surface area contributed by atoms with Crippen molar-refractivity contribution in [2.75, 3.05) is 0 Å². The Bertz CT molecular complexity index is 408. The van der Waals surface area contributed by atoms with E-state index in [2.05, 4.69) is 20.9 Å². The van der Waals surface area contributed by atoms with E-state index in [9.17, 15) is 0 Å². The van der Waals surface area contributed by atoms with Gasteiger partial charge in [-0.25, -0.2) is 4.98 Å². The third-order valence-corrected chi connectivity index (χ3v) is 2.20. The molecule has 0 atom stereocenters. The zero-order chi connectivity index (χ0) is 8.55. The number of pyridine rings is 1. The summed E-state index contributed by atoms with van der Waals surface area (Å²) in [5.74, 6) is 0. The van der Waals surface area contributed by atoms with Crippen molar-refractivity contribution >= 4 is 27.0 Å². The normalized spacial score (nSPS) is 10.8. The minimum Gasteiger partial charge on any atom is -0.319 e. The molecule has 0 amide bonds. The fraction of sp³-hybridized carbons (Fsp3) is 0.125. The molecule has 2 aromatic heterocycles. The van der Waals surface area contributed by atoms with Gasteiger partial charge in [-0.15, -0.1) is 0 Å². The average molecular weight is 226 g/mol. The van der Waals surface area contributed by atoms with Gasteiger partial charge in [-0.2, -0.15) is 0 Å². The molecule has 2 heterocycles. The lowest BCUT2D eigenvalue weighted by molar-refractivity contribution is 0.755. The van der Waals surface area contributed by atoms with Crippen molar-refractivity contribution in [2.24, 2.45) is 5.73 Å². The quantitative estimate of drug-likeness (QED) is 0.804. The fourth-order valence-corrected chi connectivity index (χ4v) is 1.55. The Balaban J connectivity index is 2.73. The summed E-state index contributed by atoms with van der Waals surface area (Å²) >= 11 is 3.36. The van der Waals surface area contributed by atoms with Crippen molar-refractivity contribution in [3.05, 3.63) is 29.0 Å². The van der Waals surface area contributed by atoms with Gasteiger partial charge in [0.15, 0.2) is 0 Å². The van der Waals surface area contributed by atoms with Gasteiger partial charge in [0.2, 0.25) is 0 Å². The third kappa shape index (κ3) is 1.13. The van der Waals surface area contributed by atoms with Crippen LogP contribution in [0.25, 0.3) is 11.0 Å². The Morgan fingerprint density at radius 2 is 2.42 bits per heavy atom. The first-order valence-electron chi connectivity index (χ1n) is 3.62. The van der Waals surface area contributed by atoms with Crippen molar-refractivity contribution in [3.63, 3.8) is 0 Å². The first-order valence-corrected chi connectivity index (χ1v) is 4.41. The summed E-state index contributed by atoms with van der Waals surface area (Å²) in [5, 5.41) is 1.11. The summed E-state index contributed by atoms with van der Waals surface area (Å²) in [4.78, 5) is 4.25. The molecule has 2 aromatic rings. The van der Waals surface area contributed by atoms with Gasteiger partial charge in [0.25, 0.3) is 0 Å². The van der Waals surface area contributed by atoms with E-state index in [4.69, 9.17) is 5.73 Å². The van der Waals surface area contributed by atoms with Crippen molar-refractivity contribution < 1.29 is 0 Å². The second-order valence-corrected chi connectivity index (χ2v) is 3.45. The number of hydrogen-bond acceptors (Lipinski definition) is 2. The lowest BCUT2D eigenvalue weighted by atomic mass is 10.3. The monoisotopic (exact) mass is 225 g/mol. The molecule has 0 aliphatic heterocycles. The van der Waals surface area contributed by atoms with E-state index < -0.39 is 0 Å². The predicted octanol–water partition coefficient (Wildman–Crippen LogP) is 1.71. The minimum atomic E-state index is 0.470. The average Bonchev–Trinajstić information content (AvgIpc) is 2.46. The van der Waals surface area contributed by atoms with E-state index in [0.717, 1.165) is 15.5 Å². The molecule has 0 aliphatic rings. The van der Waals surface area contributed by atoms with Gasteiger partial charge in [-0.3, -0.25) is 0 Å². The van der Waals surface area contributed by atoms with Crippen LogP contribution in [0.4, 0.5) is 0 Å². The molecule has 12 heavy (non-hydrogen) atoms. The molecule has 0 saturated heterocycles. The molecule has 0 fully saturated rings. The largest absolute Gasteiger partial charge is 0.319 e. The van der Waals surface area contributed by atoms with E-state index in [-0.39, 0.29) is 0 Å². The molecule has 2 rings (SSSR count). The van der Waals surface area contributed by atoms with Crippen LogP contribution < -0.4 is 5.73 Å². The van der Waals surface area contributed by atoms with Crippen LogP contribution in [0.5, 0.6) is 0 Å². The highest BCUT2D eigenvalue weighted by atomic mass is 79.9. The zero-order valence-corrected chi connectivity index (χ0v) is 7.95. The van der Waals surface area contributed by atoms with Crippen molar-refractivity contribution in [3.8, 4) is 0 Å². The molecule has 0 aliphatic carbocycles. The fourth-order valence-electron chi connectivity index (χ4n) is 1.20. The Labute approximate surface area is 78.3 Å². The lowest BCUT2D eigenvalue weighted by Gasteiger charge is -1.98. The molecule has 3 nitrogen and oxygen atoms in total. The Hall–Kier alpha value is -0.870. The molecule has 2 N–H and O–H groups in total. The molecule has 0 radical (unpaired) electrons. The van der Waals surface area contributed by atoms with Crippen LogP contribution in [0.15, 0.2) is 29.0 Å². The van der Waals surface area contributed by atoms with Gasteiger partial charge in [-0.1, -0.05) is 0 Å². The number of halogens is 1. The highest BCUT2D eigenvalue weighted by molar-refractivity contribution is 9.10. The molecular weight excluding hydrogens is 218 g/mol. The second kappa shape index (κ2) is 2.88. The van der Waals surface area contributed by atoms with Crippen molar-refractivity contribution in [1.29, 1.82) is 0 Å². The number of hydrogen-bond donors (Lipinski definition) is 1. The summed E-state index contributed by atoms with van der Waals surface area (Å²) < 4.78 is 2.90. The molecule has 4 heteroatoms. The van der Waals surface area contributed by atoms with E-state index in [1.54, 1.807) is 6.20 Å². The maximum Gasteiger partial charge on any atom is 0.140 e. The van der Waals surface area contributed by atoms with Crippen LogP contribution >= 0.6 is 15.9 Å². The number of rotatable bonds is 1. The smallest absolute Gasteiger partial charge is 0.140 e. The SMILES string of the molecule is NCn1ccc2cc(Br)cnc21. The van der Waals surface area contributed by atoms with E-state index in [0.29, 0.717) is 6.67 Å². The van der Waals surface area contributed by atoms with Gasteiger partial charge in [-0.05, 0) is 28.1 Å². The molecule has 0 saturated carbocycles. The highest BCUT2D eigenvalue weighted by Gasteiger charge is 1.99. The summed E-state index contributed by atoms with van der Waals surface area (Å²) in [6.07, 6.45) is 3.71. The predicted molar refractivity (Wildman–Crippen MR) is 51.6 cm³/mol. The van der Waals surface area contributed by atoms with Gasteiger partial charge < -0.3 is 10.3 Å². The topological polar surface area (TPSA) is 43.8 Å². The first kappa shape index (κ1) is 7.76. The Kier molecular flexibility index (Phi) is 1.86. The highest BCUT2D eigenvalue weighted by Crippen LogP contribution is 2.17. The van der Waals surface area contributed by atoms with Crippen LogP contribution in [-0.2, 0) is 6.67 Å². The number of aromatic nitrogens is 2. The van der Waals surface area contributed by atoms with E-state index >= 15 is 0 Å². The van der Waals surface area contributed by atoms with Crippen LogP contribution in [0.3, 0.4) is 0 Å². The minimum absolute atomic E-state index is 0.470. The van der Waals surface area contributed by atoms with Gasteiger partial charge in [0.1, 0.15) is 5.65 Å². The molecular formula is C8H8BrN3. The zero-order valence-electron chi connectivity index (χ0n) is 6.37.